The van der Waals surface area contributed by atoms with Crippen LogP contribution in [0.1, 0.15) is 58.7 Å². The number of amides is 2. The van der Waals surface area contributed by atoms with E-state index in [-0.39, 0.29) is 48.5 Å². The lowest BCUT2D eigenvalue weighted by molar-refractivity contribution is -0.136. The number of rotatable bonds is 8. The van der Waals surface area contributed by atoms with E-state index in [1.54, 1.807) is 42.7 Å². The number of furan rings is 2. The highest BCUT2D eigenvalue weighted by molar-refractivity contribution is 5.91. The van der Waals surface area contributed by atoms with Crippen LogP contribution in [0.25, 0.3) is 0 Å². The van der Waals surface area contributed by atoms with Gasteiger partial charge in [0, 0.05) is 12.5 Å². The Morgan fingerprint density at radius 2 is 1.89 bits per heavy atom. The van der Waals surface area contributed by atoms with Gasteiger partial charge >= 0.3 is 0 Å². The molecule has 0 bridgehead atoms. The van der Waals surface area contributed by atoms with Crippen LogP contribution < -0.4 is 10.1 Å². The number of hydrogen-bond donors (Lipinski definition) is 1. The van der Waals surface area contributed by atoms with Crippen LogP contribution in [0.3, 0.4) is 0 Å². The summed E-state index contributed by atoms with van der Waals surface area (Å²) in [7, 11) is 0. The third kappa shape index (κ3) is 5.49. The van der Waals surface area contributed by atoms with Crippen LogP contribution >= 0.6 is 0 Å². The molecule has 0 fully saturated rings. The standard InChI is InChI=1S/C30H29FN2O5/c1-19(2)30(35)33-14-13-20-7-10-23(16-26(20)28(33)21-5-8-22(31)9-6-21)37-18-25-11-12-27(38-25)29(34)32-17-24-4-3-15-36-24/h3-12,15-16,19,28H,13-14,17-18H2,1-2H3,(H,32,34). The number of nitrogens with one attached hydrogen (secondary N) is 1. The number of nitrogens with zero attached hydrogens (tertiary/aromatic N) is 1. The predicted octanol–water partition coefficient (Wildman–Crippen LogP) is 5.65. The molecular formula is C30H29FN2O5. The molecule has 0 saturated carbocycles. The Morgan fingerprint density at radius 1 is 1.08 bits per heavy atom. The van der Waals surface area contributed by atoms with Crippen molar-refractivity contribution in [2.24, 2.45) is 5.92 Å². The summed E-state index contributed by atoms with van der Waals surface area (Å²) in [5.41, 5.74) is 2.91. The Kier molecular flexibility index (Phi) is 7.31. The molecule has 1 aliphatic heterocycles. The van der Waals surface area contributed by atoms with E-state index >= 15 is 0 Å². The molecule has 2 amide bonds. The minimum Gasteiger partial charge on any atom is -0.486 e. The van der Waals surface area contributed by atoms with Gasteiger partial charge in [0.2, 0.25) is 5.91 Å². The average molecular weight is 517 g/mol. The number of benzene rings is 2. The van der Waals surface area contributed by atoms with Crippen molar-refractivity contribution in [3.63, 3.8) is 0 Å². The van der Waals surface area contributed by atoms with Crippen molar-refractivity contribution < 1.29 is 27.6 Å². The van der Waals surface area contributed by atoms with Gasteiger partial charge in [0.25, 0.3) is 5.91 Å². The van der Waals surface area contributed by atoms with E-state index in [0.717, 1.165) is 23.1 Å². The second kappa shape index (κ2) is 11.0. The smallest absolute Gasteiger partial charge is 0.287 e. The van der Waals surface area contributed by atoms with Gasteiger partial charge in [-0.15, -0.1) is 0 Å². The van der Waals surface area contributed by atoms with E-state index in [1.165, 1.54) is 12.1 Å². The van der Waals surface area contributed by atoms with Crippen molar-refractivity contribution >= 4 is 11.8 Å². The first-order valence-corrected chi connectivity index (χ1v) is 12.6. The molecule has 1 N–H and O–H groups in total. The number of fused-ring (bicyclic) bond motifs is 1. The molecule has 8 heteroatoms. The van der Waals surface area contributed by atoms with Gasteiger partial charge in [-0.1, -0.05) is 32.0 Å². The van der Waals surface area contributed by atoms with Crippen LogP contribution in [0.15, 0.2) is 81.8 Å². The fourth-order valence-corrected chi connectivity index (χ4v) is 4.66. The van der Waals surface area contributed by atoms with E-state index in [1.807, 2.05) is 36.9 Å². The molecule has 2 aromatic carbocycles. The van der Waals surface area contributed by atoms with Gasteiger partial charge in [-0.05, 0) is 71.6 Å². The van der Waals surface area contributed by atoms with Crippen molar-refractivity contribution in [2.45, 2.75) is 39.5 Å². The van der Waals surface area contributed by atoms with Crippen molar-refractivity contribution in [1.29, 1.82) is 0 Å². The van der Waals surface area contributed by atoms with Gasteiger partial charge in [0.1, 0.15) is 29.7 Å². The first-order chi connectivity index (χ1) is 18.4. The Bertz CT molecular complexity index is 1410. The molecule has 0 radical (unpaired) electrons. The SMILES string of the molecule is CC(C)C(=O)N1CCc2ccc(OCc3ccc(C(=O)NCc4ccco4)o3)cc2C1c1ccc(F)cc1. The molecule has 196 valence electrons. The molecule has 7 nitrogen and oxygen atoms in total. The highest BCUT2D eigenvalue weighted by Gasteiger charge is 2.33. The van der Waals surface area contributed by atoms with Crippen molar-refractivity contribution in [3.8, 4) is 5.75 Å². The average Bonchev–Trinajstić information content (AvgIpc) is 3.62. The highest BCUT2D eigenvalue weighted by Crippen LogP contribution is 2.38. The van der Waals surface area contributed by atoms with Crippen LogP contribution in [-0.4, -0.2) is 23.3 Å². The van der Waals surface area contributed by atoms with Gasteiger partial charge < -0.3 is 23.8 Å². The zero-order chi connectivity index (χ0) is 26.6. The summed E-state index contributed by atoms with van der Waals surface area (Å²) in [6.45, 7) is 4.74. The van der Waals surface area contributed by atoms with Gasteiger partial charge in [-0.2, -0.15) is 0 Å². The minimum absolute atomic E-state index is 0.0461. The van der Waals surface area contributed by atoms with Gasteiger partial charge in [-0.3, -0.25) is 9.59 Å². The first kappa shape index (κ1) is 25.3. The lowest BCUT2D eigenvalue weighted by Crippen LogP contribution is -2.42. The van der Waals surface area contributed by atoms with E-state index < -0.39 is 0 Å². The van der Waals surface area contributed by atoms with E-state index in [9.17, 15) is 14.0 Å². The molecule has 38 heavy (non-hydrogen) atoms. The molecule has 0 saturated heterocycles. The normalized spacial score (nSPS) is 14.8. The monoisotopic (exact) mass is 516 g/mol. The summed E-state index contributed by atoms with van der Waals surface area (Å²) in [5, 5.41) is 2.74. The summed E-state index contributed by atoms with van der Waals surface area (Å²) in [5.74, 6) is 1.14. The maximum Gasteiger partial charge on any atom is 0.287 e. The molecular weight excluding hydrogens is 487 g/mol. The fourth-order valence-electron chi connectivity index (χ4n) is 4.66. The largest absolute Gasteiger partial charge is 0.486 e. The van der Waals surface area contributed by atoms with Crippen LogP contribution in [-0.2, 0) is 24.4 Å². The van der Waals surface area contributed by atoms with Gasteiger partial charge in [0.05, 0.1) is 18.8 Å². The zero-order valence-electron chi connectivity index (χ0n) is 21.3. The summed E-state index contributed by atoms with van der Waals surface area (Å²) in [4.78, 5) is 27.3. The third-order valence-electron chi connectivity index (χ3n) is 6.58. The molecule has 1 unspecified atom stereocenters. The maximum atomic E-state index is 13.7. The molecule has 4 aromatic rings. The highest BCUT2D eigenvalue weighted by atomic mass is 19.1. The summed E-state index contributed by atoms with van der Waals surface area (Å²) in [6, 6.07) is 18.6. The summed E-state index contributed by atoms with van der Waals surface area (Å²) in [6.07, 6.45) is 2.27. The van der Waals surface area contributed by atoms with Crippen molar-refractivity contribution in [1.82, 2.24) is 10.2 Å². The molecule has 1 atom stereocenters. The quantitative estimate of drug-likeness (QED) is 0.327. The number of hydrogen-bond acceptors (Lipinski definition) is 5. The second-order valence-corrected chi connectivity index (χ2v) is 9.57. The molecule has 1 aliphatic rings. The number of ether oxygens (including phenoxy) is 1. The topological polar surface area (TPSA) is 84.9 Å². The Morgan fingerprint density at radius 3 is 2.63 bits per heavy atom. The Hall–Kier alpha value is -4.33. The Labute approximate surface area is 220 Å². The van der Waals surface area contributed by atoms with Crippen LogP contribution in [0.2, 0.25) is 0 Å². The van der Waals surface area contributed by atoms with Gasteiger partial charge in [0.15, 0.2) is 5.76 Å². The number of carbonyl (C=O) groups is 2. The lowest BCUT2D eigenvalue weighted by Gasteiger charge is -2.39. The second-order valence-electron chi connectivity index (χ2n) is 9.57. The number of carbonyl (C=O) groups excluding carboxylic acids is 2. The van der Waals surface area contributed by atoms with Crippen molar-refractivity contribution in [2.75, 3.05) is 6.54 Å². The molecule has 3 heterocycles. The molecule has 0 spiro atoms. The predicted molar refractivity (Wildman–Crippen MR) is 138 cm³/mol. The maximum absolute atomic E-state index is 13.7. The molecule has 2 aromatic heterocycles. The van der Waals surface area contributed by atoms with E-state index in [4.69, 9.17) is 13.6 Å². The third-order valence-corrected chi connectivity index (χ3v) is 6.58. The summed E-state index contributed by atoms with van der Waals surface area (Å²) >= 11 is 0. The van der Waals surface area contributed by atoms with E-state index in [0.29, 0.717) is 23.8 Å². The number of halogens is 1. The van der Waals surface area contributed by atoms with Crippen LogP contribution in [0.5, 0.6) is 5.75 Å². The van der Waals surface area contributed by atoms with E-state index in [2.05, 4.69) is 5.32 Å². The first-order valence-electron chi connectivity index (χ1n) is 12.6. The summed E-state index contributed by atoms with van der Waals surface area (Å²) < 4.78 is 30.6. The van der Waals surface area contributed by atoms with Crippen LogP contribution in [0, 0.1) is 11.7 Å². The fraction of sp³-hybridized carbons (Fsp3) is 0.267. The van der Waals surface area contributed by atoms with Crippen LogP contribution in [0.4, 0.5) is 4.39 Å². The minimum atomic E-state index is -0.349. The van der Waals surface area contributed by atoms with Crippen molar-refractivity contribution in [3.05, 3.63) is 113 Å². The molecule has 0 aliphatic carbocycles. The Balaban J connectivity index is 1.32. The van der Waals surface area contributed by atoms with Gasteiger partial charge in [-0.25, -0.2) is 4.39 Å². The zero-order valence-corrected chi connectivity index (χ0v) is 21.3. The molecule has 5 rings (SSSR count). The lowest BCUT2D eigenvalue weighted by atomic mass is 9.87.